The molecule has 27 heavy (non-hydrogen) atoms. The summed E-state index contributed by atoms with van der Waals surface area (Å²) in [6.07, 6.45) is 2.11. The third-order valence-electron chi connectivity index (χ3n) is 4.00. The van der Waals surface area contributed by atoms with E-state index in [9.17, 15) is 4.79 Å². The molecule has 0 atom stereocenters. The molecule has 2 amide bonds. The number of halogens is 1. The van der Waals surface area contributed by atoms with Crippen molar-refractivity contribution in [2.24, 2.45) is 15.8 Å². The second-order valence-electron chi connectivity index (χ2n) is 5.90. The van der Waals surface area contributed by atoms with Gasteiger partial charge in [0.25, 0.3) is 0 Å². The average molecular weight is 410 g/mol. The second kappa shape index (κ2) is 9.57. The van der Waals surface area contributed by atoms with Crippen LogP contribution in [-0.4, -0.2) is 23.5 Å². The van der Waals surface area contributed by atoms with E-state index in [1.165, 1.54) is 4.88 Å². The number of aromatic nitrogens is 1. The van der Waals surface area contributed by atoms with Gasteiger partial charge in [-0.2, -0.15) is 10.1 Å². The van der Waals surface area contributed by atoms with E-state index < -0.39 is 6.03 Å². The van der Waals surface area contributed by atoms with Crippen LogP contribution in [0.3, 0.4) is 0 Å². The van der Waals surface area contributed by atoms with Crippen molar-refractivity contribution < 1.29 is 9.53 Å². The molecule has 0 saturated heterocycles. The number of nitrogens with two attached hydrogens (primary N) is 1. The van der Waals surface area contributed by atoms with Crippen LogP contribution in [0.25, 0.3) is 0 Å². The van der Waals surface area contributed by atoms with Gasteiger partial charge in [-0.05, 0) is 38.5 Å². The van der Waals surface area contributed by atoms with Crippen molar-refractivity contribution in [1.29, 1.82) is 0 Å². The molecule has 3 N–H and O–H groups in total. The Morgan fingerprint density at radius 2 is 2.15 bits per heavy atom. The molecule has 0 unspecified atom stereocenters. The van der Waals surface area contributed by atoms with Gasteiger partial charge in [-0.25, -0.2) is 10.2 Å². The minimum atomic E-state index is -0.777. The number of thiazole rings is 1. The Hall–Kier alpha value is -2.32. The predicted molar refractivity (Wildman–Crippen MR) is 110 cm³/mol. The van der Waals surface area contributed by atoms with Crippen LogP contribution >= 0.6 is 22.9 Å². The van der Waals surface area contributed by atoms with Gasteiger partial charge in [0, 0.05) is 22.1 Å². The molecular formula is C18H24ClN5O2S. The molecular weight excluding hydrogens is 386 g/mol. The zero-order valence-electron chi connectivity index (χ0n) is 15.9. The highest BCUT2D eigenvalue weighted by atomic mass is 35.5. The molecule has 0 saturated carbocycles. The van der Waals surface area contributed by atoms with Crippen molar-refractivity contribution in [3.63, 3.8) is 0 Å². The number of benzene rings is 1. The highest BCUT2D eigenvalue weighted by Crippen LogP contribution is 2.24. The van der Waals surface area contributed by atoms with Crippen molar-refractivity contribution in [1.82, 2.24) is 9.99 Å². The fourth-order valence-corrected chi connectivity index (χ4v) is 3.64. The summed E-state index contributed by atoms with van der Waals surface area (Å²) in [5.74, 6) is 0.804. The number of hydrogen-bond acceptors (Lipinski definition) is 4. The number of unbranched alkanes of at least 4 members (excludes halogenated alkanes) is 1. The van der Waals surface area contributed by atoms with Gasteiger partial charge in [0.05, 0.1) is 12.7 Å². The predicted octanol–water partition coefficient (Wildman–Crippen LogP) is 3.56. The number of carbonyl (C=O) groups excluding carboxylic acids is 1. The van der Waals surface area contributed by atoms with Crippen LogP contribution in [0.1, 0.15) is 35.9 Å². The van der Waals surface area contributed by atoms with E-state index in [1.54, 1.807) is 36.6 Å². The van der Waals surface area contributed by atoms with E-state index in [1.807, 2.05) is 0 Å². The molecule has 1 aromatic carbocycles. The number of rotatable bonds is 6. The Morgan fingerprint density at radius 1 is 1.41 bits per heavy atom. The smallest absolute Gasteiger partial charge is 0.332 e. The quantitative estimate of drug-likeness (QED) is 0.433. The molecule has 0 bridgehead atoms. The zero-order valence-corrected chi connectivity index (χ0v) is 17.4. The largest absolute Gasteiger partial charge is 0.496 e. The summed E-state index contributed by atoms with van der Waals surface area (Å²) in [5, 5.41) is 4.58. The van der Waals surface area contributed by atoms with E-state index >= 15 is 0 Å². The number of hydrogen-bond donors (Lipinski definition) is 2. The number of amidine groups is 1. The fraction of sp³-hybridized carbons (Fsp3) is 0.389. The third-order valence-corrected chi connectivity index (χ3v) is 5.33. The Balaban J connectivity index is 2.66. The molecule has 1 heterocycles. The summed E-state index contributed by atoms with van der Waals surface area (Å²) in [5.41, 5.74) is 9.15. The highest BCUT2D eigenvalue weighted by Gasteiger charge is 2.13. The molecule has 9 heteroatoms. The van der Waals surface area contributed by atoms with Gasteiger partial charge in [0.15, 0.2) is 10.6 Å². The lowest BCUT2D eigenvalue weighted by atomic mass is 10.2. The normalized spacial score (nSPS) is 12.3. The van der Waals surface area contributed by atoms with Crippen LogP contribution in [0.2, 0.25) is 5.02 Å². The van der Waals surface area contributed by atoms with Crippen LogP contribution in [0.4, 0.5) is 4.79 Å². The molecule has 2 rings (SSSR count). The highest BCUT2D eigenvalue weighted by molar-refractivity contribution is 7.09. The van der Waals surface area contributed by atoms with Gasteiger partial charge in [-0.1, -0.05) is 24.9 Å². The first kappa shape index (κ1) is 21.0. The van der Waals surface area contributed by atoms with E-state index in [0.29, 0.717) is 16.3 Å². The maximum atomic E-state index is 11.2. The average Bonchev–Trinajstić information content (AvgIpc) is 2.90. The van der Waals surface area contributed by atoms with Crippen molar-refractivity contribution in [2.45, 2.75) is 40.2 Å². The van der Waals surface area contributed by atoms with Crippen molar-refractivity contribution in [3.8, 4) is 5.75 Å². The Morgan fingerprint density at radius 3 is 2.78 bits per heavy atom. The molecule has 0 radical (unpaired) electrons. The minimum Gasteiger partial charge on any atom is -0.496 e. The first-order valence-electron chi connectivity index (χ1n) is 8.56. The van der Waals surface area contributed by atoms with Gasteiger partial charge < -0.3 is 15.0 Å². The van der Waals surface area contributed by atoms with Crippen LogP contribution in [0, 0.1) is 13.8 Å². The number of ether oxygens (including phenoxy) is 1. The van der Waals surface area contributed by atoms with Crippen molar-refractivity contribution in [2.75, 3.05) is 7.11 Å². The molecule has 0 aliphatic heterocycles. The fourth-order valence-electron chi connectivity index (χ4n) is 2.46. The van der Waals surface area contributed by atoms with Gasteiger partial charge in [0.2, 0.25) is 0 Å². The van der Waals surface area contributed by atoms with Gasteiger partial charge >= 0.3 is 6.03 Å². The molecule has 146 valence electrons. The van der Waals surface area contributed by atoms with E-state index in [-0.39, 0.29) is 5.84 Å². The number of urea groups is 1. The zero-order chi connectivity index (χ0) is 20.0. The molecule has 0 aliphatic rings. The first-order chi connectivity index (χ1) is 12.9. The minimum absolute atomic E-state index is 0.264. The number of hydrazone groups is 1. The maximum Gasteiger partial charge on any atom is 0.332 e. The van der Waals surface area contributed by atoms with Crippen LogP contribution in [-0.2, 0) is 6.54 Å². The number of nitrogens with zero attached hydrogens (tertiary/aromatic N) is 3. The number of aryl methyl sites for hydroxylation is 1. The summed E-state index contributed by atoms with van der Waals surface area (Å²) >= 11 is 7.71. The lowest BCUT2D eigenvalue weighted by Gasteiger charge is -2.09. The summed E-state index contributed by atoms with van der Waals surface area (Å²) in [4.78, 5) is 17.8. The van der Waals surface area contributed by atoms with E-state index in [0.717, 1.165) is 29.9 Å². The Kier molecular flexibility index (Phi) is 7.44. The van der Waals surface area contributed by atoms with Crippen molar-refractivity contribution in [3.05, 3.63) is 44.2 Å². The lowest BCUT2D eigenvalue weighted by molar-refractivity contribution is 0.249. The molecule has 0 spiro atoms. The summed E-state index contributed by atoms with van der Waals surface area (Å²) in [6.45, 7) is 7.13. The first-order valence-corrected chi connectivity index (χ1v) is 9.75. The second-order valence-corrected chi connectivity index (χ2v) is 7.52. The number of methoxy groups -OCH3 is 1. The molecule has 0 aliphatic carbocycles. The summed E-state index contributed by atoms with van der Waals surface area (Å²) in [7, 11) is 1.55. The number of primary amides is 1. The van der Waals surface area contributed by atoms with E-state index in [2.05, 4.69) is 35.9 Å². The monoisotopic (exact) mass is 409 g/mol. The summed E-state index contributed by atoms with van der Waals surface area (Å²) in [6, 6.07) is 4.35. The number of carbonyl (C=O) groups is 1. The molecule has 7 nitrogen and oxygen atoms in total. The SMILES string of the molecule is CCCCn1c(C)c(C)s/c1=N\C(=N/NC(N)=O)c1cc(Cl)ccc1OC. The maximum absolute atomic E-state index is 11.2. The molecule has 1 aromatic heterocycles. The number of amides is 2. The molecule has 2 aromatic rings. The van der Waals surface area contributed by atoms with Gasteiger partial charge in [-0.3, -0.25) is 0 Å². The van der Waals surface area contributed by atoms with Crippen LogP contribution < -0.4 is 20.7 Å². The topological polar surface area (TPSA) is 94.0 Å². The Bertz CT molecular complexity index is 917. The molecule has 0 fully saturated rings. The van der Waals surface area contributed by atoms with Gasteiger partial charge in [-0.15, -0.1) is 11.3 Å². The van der Waals surface area contributed by atoms with Crippen molar-refractivity contribution >= 4 is 34.8 Å². The Labute approximate surface area is 167 Å². The van der Waals surface area contributed by atoms with Gasteiger partial charge in [0.1, 0.15) is 5.75 Å². The van der Waals surface area contributed by atoms with Crippen LogP contribution in [0.5, 0.6) is 5.75 Å². The summed E-state index contributed by atoms with van der Waals surface area (Å²) < 4.78 is 7.56. The lowest BCUT2D eigenvalue weighted by Crippen LogP contribution is -2.27. The van der Waals surface area contributed by atoms with E-state index in [4.69, 9.17) is 27.1 Å². The number of nitrogens with one attached hydrogen (secondary N) is 1. The van der Waals surface area contributed by atoms with Crippen LogP contribution in [0.15, 0.2) is 28.3 Å². The standard InChI is InChI=1S/C18H24ClN5O2S/c1-5-6-9-24-11(2)12(3)27-18(24)21-16(22-23-17(20)25)14-10-13(19)7-8-15(14)26-4/h7-8,10H,5-6,9H2,1-4H3,(H3,20,23,25)/b21-18-,22-16-. The third kappa shape index (κ3) is 5.33.